The molecule has 1 aliphatic heterocycles. The summed E-state index contributed by atoms with van der Waals surface area (Å²) in [6.07, 6.45) is -1.26. The molecule has 1 aromatic carbocycles. The van der Waals surface area contributed by atoms with Gasteiger partial charge >= 0.3 is 0 Å². The van der Waals surface area contributed by atoms with Crippen molar-refractivity contribution in [2.24, 2.45) is 0 Å². The molecule has 15 heavy (non-hydrogen) atoms. The Kier molecular flexibility index (Phi) is 3.26. The molecule has 0 spiro atoms. The Bertz CT molecular complexity index is 335. The Morgan fingerprint density at radius 3 is 2.40 bits per heavy atom. The van der Waals surface area contributed by atoms with Gasteiger partial charge in [-0.15, -0.1) is 0 Å². The second-order valence-electron chi connectivity index (χ2n) is 3.92. The van der Waals surface area contributed by atoms with Gasteiger partial charge in [0.2, 0.25) is 0 Å². The third-order valence-electron chi connectivity index (χ3n) is 2.69. The Morgan fingerprint density at radius 2 is 1.80 bits per heavy atom. The van der Waals surface area contributed by atoms with Crippen LogP contribution in [0.2, 0.25) is 5.02 Å². The molecular weight excluding hydrogens is 214 g/mol. The molecule has 0 aromatic heterocycles. The van der Waals surface area contributed by atoms with Gasteiger partial charge in [0.1, 0.15) is 0 Å². The van der Waals surface area contributed by atoms with E-state index in [4.69, 9.17) is 11.6 Å². The van der Waals surface area contributed by atoms with Crippen molar-refractivity contribution >= 4 is 11.6 Å². The molecule has 0 saturated carbocycles. The first-order chi connectivity index (χ1) is 7.16. The minimum Gasteiger partial charge on any atom is -0.389 e. The third kappa shape index (κ3) is 2.49. The lowest BCUT2D eigenvalue weighted by Gasteiger charge is -2.15. The number of likely N-dealkylation sites (tertiary alicyclic amines) is 1. The average molecular weight is 228 g/mol. The minimum atomic E-state index is -0.632. The lowest BCUT2D eigenvalue weighted by Crippen LogP contribution is -2.22. The smallest absolute Gasteiger partial charge is 0.0938 e. The maximum absolute atomic E-state index is 9.39. The summed E-state index contributed by atoms with van der Waals surface area (Å²) < 4.78 is 0. The van der Waals surface area contributed by atoms with Crippen LogP contribution in [0.25, 0.3) is 0 Å². The van der Waals surface area contributed by atoms with Crippen LogP contribution in [-0.4, -0.2) is 40.4 Å². The topological polar surface area (TPSA) is 43.7 Å². The molecule has 1 aliphatic rings. The number of aliphatic hydroxyl groups is 2. The van der Waals surface area contributed by atoms with Gasteiger partial charge in [0.25, 0.3) is 0 Å². The van der Waals surface area contributed by atoms with Gasteiger partial charge in [-0.25, -0.2) is 0 Å². The number of hydrogen-bond acceptors (Lipinski definition) is 3. The molecule has 0 aliphatic carbocycles. The van der Waals surface area contributed by atoms with Gasteiger partial charge in [-0.1, -0.05) is 29.8 Å². The zero-order valence-electron chi connectivity index (χ0n) is 8.31. The Morgan fingerprint density at radius 1 is 1.20 bits per heavy atom. The summed E-state index contributed by atoms with van der Waals surface area (Å²) in [5, 5.41) is 19.5. The van der Waals surface area contributed by atoms with E-state index in [0.29, 0.717) is 19.6 Å². The van der Waals surface area contributed by atoms with Crippen molar-refractivity contribution in [2.45, 2.75) is 18.8 Å². The number of nitrogens with zero attached hydrogens (tertiary/aromatic N) is 1. The van der Waals surface area contributed by atoms with Crippen molar-refractivity contribution in [3.05, 3.63) is 34.9 Å². The molecule has 3 nitrogen and oxygen atoms in total. The van der Waals surface area contributed by atoms with E-state index in [1.807, 2.05) is 29.2 Å². The van der Waals surface area contributed by atoms with Crippen molar-refractivity contribution in [1.82, 2.24) is 4.90 Å². The third-order valence-corrected chi connectivity index (χ3v) is 3.06. The summed E-state index contributed by atoms with van der Waals surface area (Å²) >= 11 is 6.02. The summed E-state index contributed by atoms with van der Waals surface area (Å²) in [5.41, 5.74) is 1.03. The summed E-state index contributed by atoms with van der Waals surface area (Å²) in [7, 11) is 0. The molecule has 0 amide bonds. The fourth-order valence-corrected chi connectivity index (χ4v) is 2.04. The maximum Gasteiger partial charge on any atom is 0.0938 e. The fraction of sp³-hybridized carbons (Fsp3) is 0.455. The molecule has 0 radical (unpaired) electrons. The van der Waals surface area contributed by atoms with Gasteiger partial charge in [-0.2, -0.15) is 0 Å². The van der Waals surface area contributed by atoms with Crippen LogP contribution in [0.3, 0.4) is 0 Å². The van der Waals surface area contributed by atoms with Crippen LogP contribution >= 0.6 is 11.6 Å². The molecule has 2 N–H and O–H groups in total. The molecular formula is C11H14ClNO2. The van der Waals surface area contributed by atoms with Gasteiger partial charge in [-0.3, -0.25) is 4.90 Å². The molecule has 1 aromatic rings. The Labute approximate surface area is 93.9 Å². The Hall–Kier alpha value is -0.610. The van der Waals surface area contributed by atoms with Crippen molar-refractivity contribution in [2.75, 3.05) is 13.1 Å². The number of hydrogen-bond donors (Lipinski definition) is 2. The molecule has 2 rings (SSSR count). The van der Waals surface area contributed by atoms with Gasteiger partial charge in [0.15, 0.2) is 0 Å². The van der Waals surface area contributed by atoms with E-state index < -0.39 is 12.2 Å². The predicted molar refractivity (Wildman–Crippen MR) is 58.7 cm³/mol. The van der Waals surface area contributed by atoms with E-state index in [2.05, 4.69) is 0 Å². The highest BCUT2D eigenvalue weighted by molar-refractivity contribution is 6.31. The summed E-state index contributed by atoms with van der Waals surface area (Å²) in [6, 6.07) is 7.63. The number of rotatable bonds is 2. The highest BCUT2D eigenvalue weighted by Crippen LogP contribution is 2.19. The van der Waals surface area contributed by atoms with Crippen LogP contribution in [0.4, 0.5) is 0 Å². The quantitative estimate of drug-likeness (QED) is 0.788. The largest absolute Gasteiger partial charge is 0.389 e. The minimum absolute atomic E-state index is 0.506. The van der Waals surface area contributed by atoms with E-state index >= 15 is 0 Å². The standard InChI is InChI=1S/C11H14ClNO2/c12-9-4-2-1-3-8(9)5-13-6-10(14)11(15)7-13/h1-4,10-11,14-15H,5-7H2/t10-,11+. The molecule has 1 fully saturated rings. The van der Waals surface area contributed by atoms with Gasteiger partial charge in [-0.05, 0) is 11.6 Å². The van der Waals surface area contributed by atoms with E-state index in [1.165, 1.54) is 0 Å². The lowest BCUT2D eigenvalue weighted by molar-refractivity contribution is 0.0572. The highest BCUT2D eigenvalue weighted by atomic mass is 35.5. The first-order valence-electron chi connectivity index (χ1n) is 4.98. The van der Waals surface area contributed by atoms with Crippen LogP contribution in [0.5, 0.6) is 0 Å². The van der Waals surface area contributed by atoms with E-state index in [1.54, 1.807) is 0 Å². The molecule has 0 bridgehead atoms. The van der Waals surface area contributed by atoms with Crippen LogP contribution in [0, 0.1) is 0 Å². The van der Waals surface area contributed by atoms with Crippen LogP contribution < -0.4 is 0 Å². The first-order valence-corrected chi connectivity index (χ1v) is 5.36. The van der Waals surface area contributed by atoms with Gasteiger partial charge < -0.3 is 10.2 Å². The summed E-state index contributed by atoms with van der Waals surface area (Å²) in [6.45, 7) is 1.69. The fourth-order valence-electron chi connectivity index (χ4n) is 1.84. The molecule has 82 valence electrons. The van der Waals surface area contributed by atoms with Crippen molar-refractivity contribution in [1.29, 1.82) is 0 Å². The second kappa shape index (κ2) is 4.49. The zero-order chi connectivity index (χ0) is 10.8. The number of benzene rings is 1. The predicted octanol–water partition coefficient (Wildman–Crippen LogP) is 0.877. The number of β-amino-alcohol motifs (C(OH)–C–C–N with tert-alkyl or cyclic N) is 2. The summed E-state index contributed by atoms with van der Waals surface area (Å²) in [4.78, 5) is 2.00. The van der Waals surface area contributed by atoms with Crippen LogP contribution in [0.1, 0.15) is 5.56 Å². The molecule has 0 unspecified atom stereocenters. The summed E-state index contributed by atoms with van der Waals surface area (Å²) in [5.74, 6) is 0. The Balaban J connectivity index is 2.01. The van der Waals surface area contributed by atoms with E-state index in [9.17, 15) is 10.2 Å². The van der Waals surface area contributed by atoms with Crippen LogP contribution in [-0.2, 0) is 6.54 Å². The molecule has 4 heteroatoms. The van der Waals surface area contributed by atoms with Gasteiger partial charge in [0.05, 0.1) is 12.2 Å². The highest BCUT2D eigenvalue weighted by Gasteiger charge is 2.29. The monoisotopic (exact) mass is 227 g/mol. The average Bonchev–Trinajstić information content (AvgIpc) is 2.50. The number of aliphatic hydroxyl groups excluding tert-OH is 2. The van der Waals surface area contributed by atoms with E-state index in [0.717, 1.165) is 10.6 Å². The van der Waals surface area contributed by atoms with Crippen molar-refractivity contribution in [3.8, 4) is 0 Å². The maximum atomic E-state index is 9.39. The lowest BCUT2D eigenvalue weighted by atomic mass is 10.2. The van der Waals surface area contributed by atoms with Crippen molar-refractivity contribution in [3.63, 3.8) is 0 Å². The first kappa shape index (κ1) is 10.9. The van der Waals surface area contributed by atoms with Crippen molar-refractivity contribution < 1.29 is 10.2 Å². The molecule has 2 atom stereocenters. The van der Waals surface area contributed by atoms with Crippen LogP contribution in [0.15, 0.2) is 24.3 Å². The molecule has 1 heterocycles. The van der Waals surface area contributed by atoms with Gasteiger partial charge in [0, 0.05) is 24.7 Å². The second-order valence-corrected chi connectivity index (χ2v) is 4.33. The number of halogens is 1. The SMILES string of the molecule is O[C@@H]1CN(Cc2ccccc2Cl)C[C@@H]1O. The zero-order valence-corrected chi connectivity index (χ0v) is 9.06. The molecule has 1 saturated heterocycles. The van der Waals surface area contributed by atoms with E-state index in [-0.39, 0.29) is 0 Å². The normalized spacial score (nSPS) is 27.1.